The number of sulfonamides is 1. The van der Waals surface area contributed by atoms with Gasteiger partial charge in [-0.25, -0.2) is 13.1 Å². The SMILES string of the molecule is Cc1cccc(S(=O)(=O)Nc2cccc([N+](=O)[O-])n2)c1. The average molecular weight is 293 g/mol. The summed E-state index contributed by atoms with van der Waals surface area (Å²) in [6.07, 6.45) is 0. The number of hydrogen-bond acceptors (Lipinski definition) is 5. The summed E-state index contributed by atoms with van der Waals surface area (Å²) in [6, 6.07) is 10.2. The van der Waals surface area contributed by atoms with E-state index in [1.54, 1.807) is 19.1 Å². The summed E-state index contributed by atoms with van der Waals surface area (Å²) in [6.45, 7) is 1.77. The lowest BCUT2D eigenvalue weighted by Crippen LogP contribution is -2.14. The molecule has 104 valence electrons. The number of nitro groups is 1. The molecule has 0 saturated carbocycles. The van der Waals surface area contributed by atoms with Gasteiger partial charge >= 0.3 is 5.82 Å². The van der Waals surface area contributed by atoms with Crippen LogP contribution in [0.25, 0.3) is 0 Å². The first-order valence-electron chi connectivity index (χ1n) is 5.59. The second-order valence-corrected chi connectivity index (χ2v) is 5.74. The van der Waals surface area contributed by atoms with E-state index >= 15 is 0 Å². The number of rotatable bonds is 4. The van der Waals surface area contributed by atoms with Gasteiger partial charge in [0.1, 0.15) is 0 Å². The first kappa shape index (κ1) is 13.9. The standard InChI is InChI=1S/C12H11N3O4S/c1-9-4-2-5-10(8-9)20(18,19)14-11-6-3-7-12(13-11)15(16)17/h2-8H,1H3,(H,13,14). The number of nitrogens with one attached hydrogen (secondary N) is 1. The van der Waals surface area contributed by atoms with Crippen molar-refractivity contribution in [1.82, 2.24) is 4.98 Å². The van der Waals surface area contributed by atoms with E-state index in [1.165, 1.54) is 30.3 Å². The summed E-state index contributed by atoms with van der Waals surface area (Å²) < 4.78 is 26.4. The number of aromatic nitrogens is 1. The highest BCUT2D eigenvalue weighted by molar-refractivity contribution is 7.92. The highest BCUT2D eigenvalue weighted by Crippen LogP contribution is 2.17. The molecule has 0 unspecified atom stereocenters. The van der Waals surface area contributed by atoms with E-state index in [1.807, 2.05) is 0 Å². The van der Waals surface area contributed by atoms with Gasteiger partial charge in [-0.05, 0) is 40.6 Å². The van der Waals surface area contributed by atoms with Crippen molar-refractivity contribution in [3.05, 3.63) is 58.1 Å². The number of nitrogens with zero attached hydrogens (tertiary/aromatic N) is 2. The molecular weight excluding hydrogens is 282 g/mol. The Morgan fingerprint density at radius 3 is 2.55 bits per heavy atom. The van der Waals surface area contributed by atoms with Gasteiger partial charge in [0.2, 0.25) is 0 Å². The van der Waals surface area contributed by atoms with Crippen molar-refractivity contribution in [3.8, 4) is 0 Å². The lowest BCUT2D eigenvalue weighted by Gasteiger charge is -2.05. The maximum absolute atomic E-state index is 12.1. The van der Waals surface area contributed by atoms with E-state index < -0.39 is 20.8 Å². The molecule has 2 aromatic rings. The summed E-state index contributed by atoms with van der Waals surface area (Å²) >= 11 is 0. The number of aryl methyl sites for hydroxylation is 1. The average Bonchev–Trinajstić information content (AvgIpc) is 2.38. The van der Waals surface area contributed by atoms with Gasteiger partial charge < -0.3 is 10.1 Å². The lowest BCUT2D eigenvalue weighted by molar-refractivity contribution is -0.389. The van der Waals surface area contributed by atoms with Crippen LogP contribution in [0.15, 0.2) is 47.4 Å². The van der Waals surface area contributed by atoms with Crippen LogP contribution in [0.2, 0.25) is 0 Å². The van der Waals surface area contributed by atoms with Gasteiger partial charge in [0.25, 0.3) is 15.8 Å². The fourth-order valence-corrected chi connectivity index (χ4v) is 2.67. The van der Waals surface area contributed by atoms with Gasteiger partial charge in [-0.3, -0.25) is 0 Å². The summed E-state index contributed by atoms with van der Waals surface area (Å²) in [5, 5.41) is 10.6. The molecule has 0 spiro atoms. The largest absolute Gasteiger partial charge is 0.365 e. The Bertz CT molecular complexity index is 759. The Kier molecular flexibility index (Phi) is 3.66. The maximum Gasteiger partial charge on any atom is 0.365 e. The Labute approximate surface area is 115 Å². The van der Waals surface area contributed by atoms with Crippen LogP contribution < -0.4 is 4.72 Å². The lowest BCUT2D eigenvalue weighted by atomic mass is 10.2. The van der Waals surface area contributed by atoms with Crippen LogP contribution in [0.3, 0.4) is 0 Å². The molecule has 8 heteroatoms. The van der Waals surface area contributed by atoms with Crippen molar-refractivity contribution in [2.24, 2.45) is 0 Å². The van der Waals surface area contributed by atoms with Gasteiger partial charge in [-0.1, -0.05) is 12.1 Å². The van der Waals surface area contributed by atoms with Crippen molar-refractivity contribution in [2.75, 3.05) is 4.72 Å². The molecule has 2 rings (SSSR count). The molecule has 0 atom stereocenters. The normalized spacial score (nSPS) is 11.1. The van der Waals surface area contributed by atoms with Crippen LogP contribution in [0, 0.1) is 17.0 Å². The number of pyridine rings is 1. The van der Waals surface area contributed by atoms with E-state index in [9.17, 15) is 18.5 Å². The van der Waals surface area contributed by atoms with Crippen LogP contribution in [0.1, 0.15) is 5.56 Å². The molecule has 1 aromatic carbocycles. The third-order valence-electron chi connectivity index (χ3n) is 2.46. The van der Waals surface area contributed by atoms with Crippen molar-refractivity contribution in [1.29, 1.82) is 0 Å². The third-order valence-corrected chi connectivity index (χ3v) is 3.81. The molecule has 0 bridgehead atoms. The van der Waals surface area contributed by atoms with Gasteiger partial charge in [-0.15, -0.1) is 0 Å². The molecule has 0 aliphatic carbocycles. The molecule has 0 aliphatic heterocycles. The molecule has 1 N–H and O–H groups in total. The summed E-state index contributed by atoms with van der Waals surface area (Å²) in [7, 11) is -3.81. The molecule has 0 aliphatic rings. The van der Waals surface area contributed by atoms with Crippen LogP contribution in [-0.2, 0) is 10.0 Å². The third kappa shape index (κ3) is 3.09. The number of benzene rings is 1. The Morgan fingerprint density at radius 1 is 1.20 bits per heavy atom. The Hall–Kier alpha value is -2.48. The second-order valence-electron chi connectivity index (χ2n) is 4.06. The smallest absolute Gasteiger partial charge is 0.358 e. The highest BCUT2D eigenvalue weighted by Gasteiger charge is 2.18. The second kappa shape index (κ2) is 5.25. The van der Waals surface area contributed by atoms with Crippen LogP contribution >= 0.6 is 0 Å². The Morgan fingerprint density at radius 2 is 1.90 bits per heavy atom. The van der Waals surface area contributed by atoms with E-state index in [-0.39, 0.29) is 10.7 Å². The molecule has 7 nitrogen and oxygen atoms in total. The molecule has 0 radical (unpaired) electrons. The minimum absolute atomic E-state index is 0.0748. The van der Waals surface area contributed by atoms with E-state index in [0.29, 0.717) is 0 Å². The van der Waals surface area contributed by atoms with Crippen LogP contribution in [-0.4, -0.2) is 18.3 Å². The Balaban J connectivity index is 2.33. The molecule has 0 fully saturated rings. The van der Waals surface area contributed by atoms with E-state index in [0.717, 1.165) is 5.56 Å². The zero-order valence-corrected chi connectivity index (χ0v) is 11.3. The molecule has 1 heterocycles. The minimum atomic E-state index is -3.81. The number of anilines is 1. The van der Waals surface area contributed by atoms with Crippen LogP contribution in [0.4, 0.5) is 11.6 Å². The summed E-state index contributed by atoms with van der Waals surface area (Å²) in [5.74, 6) is -0.518. The summed E-state index contributed by atoms with van der Waals surface area (Å²) in [4.78, 5) is 13.6. The molecule has 1 aromatic heterocycles. The minimum Gasteiger partial charge on any atom is -0.358 e. The maximum atomic E-state index is 12.1. The van der Waals surface area contributed by atoms with E-state index in [2.05, 4.69) is 9.71 Å². The predicted octanol–water partition coefficient (Wildman–Crippen LogP) is 2.10. The van der Waals surface area contributed by atoms with E-state index in [4.69, 9.17) is 0 Å². The zero-order valence-electron chi connectivity index (χ0n) is 10.5. The molecular formula is C12H11N3O4S. The fourth-order valence-electron chi connectivity index (χ4n) is 1.56. The first-order chi connectivity index (χ1) is 9.38. The highest BCUT2D eigenvalue weighted by atomic mass is 32.2. The number of hydrogen-bond donors (Lipinski definition) is 1. The van der Waals surface area contributed by atoms with Gasteiger partial charge in [0, 0.05) is 12.1 Å². The summed E-state index contributed by atoms with van der Waals surface area (Å²) in [5.41, 5.74) is 0.792. The topological polar surface area (TPSA) is 102 Å². The van der Waals surface area contributed by atoms with Gasteiger partial charge in [0.15, 0.2) is 0 Å². The zero-order chi connectivity index (χ0) is 14.8. The monoisotopic (exact) mass is 293 g/mol. The fraction of sp³-hybridized carbons (Fsp3) is 0.0833. The molecule has 0 amide bonds. The van der Waals surface area contributed by atoms with Gasteiger partial charge in [0.05, 0.1) is 4.90 Å². The van der Waals surface area contributed by atoms with Crippen molar-refractivity contribution >= 4 is 21.7 Å². The van der Waals surface area contributed by atoms with Crippen molar-refractivity contribution in [3.63, 3.8) is 0 Å². The van der Waals surface area contributed by atoms with Crippen molar-refractivity contribution < 1.29 is 13.3 Å². The quantitative estimate of drug-likeness (QED) is 0.687. The molecule has 20 heavy (non-hydrogen) atoms. The van der Waals surface area contributed by atoms with Crippen molar-refractivity contribution in [2.45, 2.75) is 11.8 Å². The predicted molar refractivity (Wildman–Crippen MR) is 72.9 cm³/mol. The van der Waals surface area contributed by atoms with Gasteiger partial charge in [-0.2, -0.15) is 0 Å². The van der Waals surface area contributed by atoms with Crippen LogP contribution in [0.5, 0.6) is 0 Å². The molecule has 0 saturated heterocycles. The first-order valence-corrected chi connectivity index (χ1v) is 7.08.